The fraction of sp³-hybridized carbons (Fsp3) is 0.833. The topological polar surface area (TPSA) is 26.0 Å². The Balaban J connectivity index is 2.25. The van der Waals surface area contributed by atoms with E-state index in [9.17, 15) is 0 Å². The lowest BCUT2D eigenvalue weighted by atomic mass is 9.80. The smallest absolute Gasteiger partial charge is 0.0194 e. The van der Waals surface area contributed by atoms with Gasteiger partial charge in [-0.25, -0.2) is 0 Å². The molecular formula is C12H23N. The molecule has 0 aliphatic heterocycles. The van der Waals surface area contributed by atoms with E-state index in [-0.39, 0.29) is 6.04 Å². The second-order valence-electron chi connectivity index (χ2n) is 4.43. The van der Waals surface area contributed by atoms with E-state index in [2.05, 4.69) is 19.1 Å². The summed E-state index contributed by atoms with van der Waals surface area (Å²) in [4.78, 5) is 0. The molecule has 0 amide bonds. The van der Waals surface area contributed by atoms with E-state index in [0.717, 1.165) is 11.8 Å². The van der Waals surface area contributed by atoms with E-state index < -0.39 is 0 Å². The van der Waals surface area contributed by atoms with Crippen LogP contribution in [-0.4, -0.2) is 6.04 Å². The van der Waals surface area contributed by atoms with Crippen molar-refractivity contribution in [2.24, 2.45) is 17.6 Å². The van der Waals surface area contributed by atoms with Crippen LogP contribution in [0.25, 0.3) is 0 Å². The van der Waals surface area contributed by atoms with Crippen LogP contribution in [0.3, 0.4) is 0 Å². The lowest BCUT2D eigenvalue weighted by Gasteiger charge is -2.25. The van der Waals surface area contributed by atoms with E-state index in [1.807, 2.05) is 6.92 Å². The maximum absolute atomic E-state index is 5.68. The predicted octanol–water partition coefficient (Wildman–Crippen LogP) is 3.11. The molecule has 0 heterocycles. The van der Waals surface area contributed by atoms with Crippen LogP contribution in [0.2, 0.25) is 0 Å². The molecule has 1 aliphatic carbocycles. The average Bonchev–Trinajstić information content (AvgIpc) is 2.15. The highest BCUT2D eigenvalue weighted by Crippen LogP contribution is 2.31. The SMILES string of the molecule is CCC1CCC(/C=C/C(C)N)CC1. The Morgan fingerprint density at radius 3 is 2.38 bits per heavy atom. The van der Waals surface area contributed by atoms with Gasteiger partial charge in [0.15, 0.2) is 0 Å². The van der Waals surface area contributed by atoms with Crippen LogP contribution < -0.4 is 5.73 Å². The molecule has 1 atom stereocenters. The Morgan fingerprint density at radius 1 is 1.31 bits per heavy atom. The number of allylic oxidation sites excluding steroid dienone is 1. The third-order valence-corrected chi connectivity index (χ3v) is 3.16. The monoisotopic (exact) mass is 181 g/mol. The van der Waals surface area contributed by atoms with E-state index in [0.29, 0.717) is 0 Å². The molecule has 76 valence electrons. The molecule has 1 saturated carbocycles. The van der Waals surface area contributed by atoms with Crippen LogP contribution in [-0.2, 0) is 0 Å². The Bertz CT molecular complexity index is 153. The maximum atomic E-state index is 5.68. The summed E-state index contributed by atoms with van der Waals surface area (Å²) in [6.45, 7) is 4.34. The van der Waals surface area contributed by atoms with Crippen molar-refractivity contribution in [2.75, 3.05) is 0 Å². The van der Waals surface area contributed by atoms with Crippen LogP contribution in [0, 0.1) is 11.8 Å². The van der Waals surface area contributed by atoms with E-state index in [1.165, 1.54) is 32.1 Å². The maximum Gasteiger partial charge on any atom is 0.0194 e. The third kappa shape index (κ3) is 3.95. The summed E-state index contributed by atoms with van der Waals surface area (Å²) in [5.74, 6) is 1.81. The zero-order chi connectivity index (χ0) is 9.68. The highest BCUT2D eigenvalue weighted by atomic mass is 14.6. The van der Waals surface area contributed by atoms with Gasteiger partial charge in [0, 0.05) is 6.04 Å². The molecule has 1 unspecified atom stereocenters. The van der Waals surface area contributed by atoms with Crippen LogP contribution in [0.5, 0.6) is 0 Å². The van der Waals surface area contributed by atoms with Crippen molar-refractivity contribution < 1.29 is 0 Å². The molecule has 1 fully saturated rings. The van der Waals surface area contributed by atoms with Gasteiger partial charge >= 0.3 is 0 Å². The van der Waals surface area contributed by atoms with Gasteiger partial charge in [0.05, 0.1) is 0 Å². The number of hydrogen-bond donors (Lipinski definition) is 1. The number of rotatable bonds is 3. The lowest BCUT2D eigenvalue weighted by Crippen LogP contribution is -2.14. The highest BCUT2D eigenvalue weighted by Gasteiger charge is 2.17. The Kier molecular flexibility index (Phi) is 4.51. The zero-order valence-electron chi connectivity index (χ0n) is 9.00. The summed E-state index contributed by atoms with van der Waals surface area (Å²) in [6.07, 6.45) is 11.4. The summed E-state index contributed by atoms with van der Waals surface area (Å²) in [5, 5.41) is 0. The molecule has 0 spiro atoms. The van der Waals surface area contributed by atoms with Crippen LogP contribution in [0.1, 0.15) is 46.0 Å². The number of nitrogens with two attached hydrogens (primary N) is 1. The fourth-order valence-electron chi connectivity index (χ4n) is 2.12. The van der Waals surface area contributed by atoms with Gasteiger partial charge in [0.2, 0.25) is 0 Å². The van der Waals surface area contributed by atoms with E-state index in [4.69, 9.17) is 5.73 Å². The molecule has 1 aliphatic rings. The van der Waals surface area contributed by atoms with Crippen molar-refractivity contribution in [3.05, 3.63) is 12.2 Å². The minimum absolute atomic E-state index is 0.226. The number of hydrogen-bond acceptors (Lipinski definition) is 1. The molecule has 0 aromatic carbocycles. The first-order valence-corrected chi connectivity index (χ1v) is 5.66. The quantitative estimate of drug-likeness (QED) is 0.665. The van der Waals surface area contributed by atoms with E-state index in [1.54, 1.807) is 0 Å². The summed E-state index contributed by atoms with van der Waals surface area (Å²) in [7, 11) is 0. The lowest BCUT2D eigenvalue weighted by molar-refractivity contribution is 0.303. The minimum Gasteiger partial charge on any atom is -0.325 e. The van der Waals surface area contributed by atoms with Crippen molar-refractivity contribution in [3.63, 3.8) is 0 Å². The highest BCUT2D eigenvalue weighted by molar-refractivity contribution is 4.95. The summed E-state index contributed by atoms with van der Waals surface area (Å²) in [6, 6.07) is 0.226. The Morgan fingerprint density at radius 2 is 1.92 bits per heavy atom. The summed E-state index contributed by atoms with van der Waals surface area (Å²) >= 11 is 0. The second kappa shape index (κ2) is 5.43. The van der Waals surface area contributed by atoms with Crippen LogP contribution in [0.15, 0.2) is 12.2 Å². The van der Waals surface area contributed by atoms with Crippen LogP contribution in [0.4, 0.5) is 0 Å². The average molecular weight is 181 g/mol. The Labute approximate surface area is 82.4 Å². The Hall–Kier alpha value is -0.300. The molecule has 0 aromatic heterocycles. The molecule has 0 aromatic rings. The zero-order valence-corrected chi connectivity index (χ0v) is 9.00. The first-order chi connectivity index (χ1) is 6.22. The van der Waals surface area contributed by atoms with Gasteiger partial charge < -0.3 is 5.73 Å². The van der Waals surface area contributed by atoms with Gasteiger partial charge in [-0.15, -0.1) is 0 Å². The van der Waals surface area contributed by atoms with Crippen molar-refractivity contribution in [1.82, 2.24) is 0 Å². The van der Waals surface area contributed by atoms with Gasteiger partial charge in [-0.1, -0.05) is 25.5 Å². The molecule has 13 heavy (non-hydrogen) atoms. The van der Waals surface area contributed by atoms with Gasteiger partial charge in [0.1, 0.15) is 0 Å². The third-order valence-electron chi connectivity index (χ3n) is 3.16. The van der Waals surface area contributed by atoms with Crippen molar-refractivity contribution in [3.8, 4) is 0 Å². The fourth-order valence-corrected chi connectivity index (χ4v) is 2.12. The van der Waals surface area contributed by atoms with E-state index >= 15 is 0 Å². The normalized spacial score (nSPS) is 32.2. The van der Waals surface area contributed by atoms with Gasteiger partial charge in [-0.3, -0.25) is 0 Å². The molecule has 1 nitrogen and oxygen atoms in total. The van der Waals surface area contributed by atoms with Crippen molar-refractivity contribution >= 4 is 0 Å². The van der Waals surface area contributed by atoms with Crippen molar-refractivity contribution in [2.45, 2.75) is 52.0 Å². The molecule has 0 saturated heterocycles. The summed E-state index contributed by atoms with van der Waals surface area (Å²) in [5.41, 5.74) is 5.68. The second-order valence-corrected chi connectivity index (χ2v) is 4.43. The predicted molar refractivity (Wildman–Crippen MR) is 58.5 cm³/mol. The van der Waals surface area contributed by atoms with Gasteiger partial charge in [-0.2, -0.15) is 0 Å². The minimum atomic E-state index is 0.226. The summed E-state index contributed by atoms with van der Waals surface area (Å²) < 4.78 is 0. The molecule has 2 N–H and O–H groups in total. The first-order valence-electron chi connectivity index (χ1n) is 5.66. The largest absolute Gasteiger partial charge is 0.325 e. The molecule has 0 radical (unpaired) electrons. The molecule has 1 heteroatoms. The first kappa shape index (κ1) is 10.8. The molecule has 1 rings (SSSR count). The molecular weight excluding hydrogens is 158 g/mol. The van der Waals surface area contributed by atoms with Crippen LogP contribution >= 0.6 is 0 Å². The molecule has 0 bridgehead atoms. The van der Waals surface area contributed by atoms with Crippen molar-refractivity contribution in [1.29, 1.82) is 0 Å². The van der Waals surface area contributed by atoms with Gasteiger partial charge in [-0.05, 0) is 44.4 Å². The standard InChI is InChI=1S/C12H23N/c1-3-11-6-8-12(9-7-11)5-4-10(2)13/h4-5,10-12H,3,6-9,13H2,1-2H3/b5-4+. The van der Waals surface area contributed by atoms with Gasteiger partial charge in [0.25, 0.3) is 0 Å².